The summed E-state index contributed by atoms with van der Waals surface area (Å²) in [6.07, 6.45) is 4.39. The van der Waals surface area contributed by atoms with Crippen molar-refractivity contribution >= 4 is 5.69 Å². The van der Waals surface area contributed by atoms with Crippen molar-refractivity contribution in [1.82, 2.24) is 9.88 Å². The Labute approximate surface area is 120 Å². The highest BCUT2D eigenvalue weighted by molar-refractivity contribution is 5.40. The molecule has 0 saturated carbocycles. The lowest BCUT2D eigenvalue weighted by Crippen LogP contribution is -2.34. The van der Waals surface area contributed by atoms with Gasteiger partial charge in [-0.3, -0.25) is 9.88 Å². The van der Waals surface area contributed by atoms with Crippen LogP contribution in [0.15, 0.2) is 48.7 Å². The Morgan fingerprint density at radius 3 is 2.75 bits per heavy atom. The summed E-state index contributed by atoms with van der Waals surface area (Å²) >= 11 is 0. The zero-order chi connectivity index (χ0) is 13.8. The van der Waals surface area contributed by atoms with E-state index >= 15 is 0 Å². The van der Waals surface area contributed by atoms with Gasteiger partial charge in [-0.25, -0.2) is 0 Å². The lowest BCUT2D eigenvalue weighted by atomic mass is 9.90. The van der Waals surface area contributed by atoms with Crippen LogP contribution in [0.3, 0.4) is 0 Å². The van der Waals surface area contributed by atoms with Crippen molar-refractivity contribution in [2.75, 3.05) is 18.8 Å². The van der Waals surface area contributed by atoms with Crippen LogP contribution in [0.25, 0.3) is 0 Å². The number of nitrogens with two attached hydrogens (primary N) is 1. The first-order valence-electron chi connectivity index (χ1n) is 7.29. The summed E-state index contributed by atoms with van der Waals surface area (Å²) in [6.45, 7) is 3.23. The van der Waals surface area contributed by atoms with Gasteiger partial charge in [0.15, 0.2) is 0 Å². The molecule has 0 bridgehead atoms. The van der Waals surface area contributed by atoms with Crippen LogP contribution in [0.5, 0.6) is 0 Å². The fourth-order valence-electron chi connectivity index (χ4n) is 2.96. The van der Waals surface area contributed by atoms with Gasteiger partial charge < -0.3 is 5.73 Å². The van der Waals surface area contributed by atoms with Crippen molar-refractivity contribution in [3.05, 3.63) is 59.9 Å². The van der Waals surface area contributed by atoms with E-state index in [2.05, 4.69) is 34.1 Å². The van der Waals surface area contributed by atoms with E-state index in [-0.39, 0.29) is 0 Å². The number of piperidine rings is 1. The number of hydrogen-bond acceptors (Lipinski definition) is 3. The highest BCUT2D eigenvalue weighted by Gasteiger charge is 2.21. The van der Waals surface area contributed by atoms with E-state index < -0.39 is 0 Å². The molecule has 1 aromatic heterocycles. The average molecular weight is 267 g/mol. The first kappa shape index (κ1) is 13.1. The smallest absolute Gasteiger partial charge is 0.0543 e. The second kappa shape index (κ2) is 6.06. The second-order valence-electron chi connectivity index (χ2n) is 5.56. The van der Waals surface area contributed by atoms with Crippen LogP contribution in [0, 0.1) is 0 Å². The maximum Gasteiger partial charge on any atom is 0.0543 e. The molecule has 2 N–H and O–H groups in total. The van der Waals surface area contributed by atoms with Crippen molar-refractivity contribution in [2.24, 2.45) is 0 Å². The number of pyridine rings is 1. The summed E-state index contributed by atoms with van der Waals surface area (Å²) in [6, 6.07) is 14.5. The normalized spacial score (nSPS) is 19.9. The quantitative estimate of drug-likeness (QED) is 0.869. The Balaban J connectivity index is 1.66. The summed E-state index contributed by atoms with van der Waals surface area (Å²) in [5.41, 5.74) is 9.17. The zero-order valence-electron chi connectivity index (χ0n) is 11.7. The number of aromatic nitrogens is 1. The molecule has 1 aliphatic rings. The van der Waals surface area contributed by atoms with E-state index in [1.807, 2.05) is 24.4 Å². The van der Waals surface area contributed by atoms with Crippen LogP contribution in [0.2, 0.25) is 0 Å². The highest BCUT2D eigenvalue weighted by Crippen LogP contribution is 2.28. The molecule has 1 unspecified atom stereocenters. The Kier molecular flexibility index (Phi) is 3.97. The Bertz CT molecular complexity index is 536. The van der Waals surface area contributed by atoms with Crippen molar-refractivity contribution < 1.29 is 0 Å². The molecule has 1 atom stereocenters. The number of nitrogens with zero attached hydrogens (tertiary/aromatic N) is 2. The first-order chi connectivity index (χ1) is 9.81. The number of benzene rings is 1. The molecular weight excluding hydrogens is 246 g/mol. The van der Waals surface area contributed by atoms with Gasteiger partial charge in [0.25, 0.3) is 0 Å². The third-order valence-corrected chi connectivity index (χ3v) is 4.03. The molecule has 3 heteroatoms. The number of anilines is 1. The van der Waals surface area contributed by atoms with E-state index in [1.165, 1.54) is 24.9 Å². The topological polar surface area (TPSA) is 42.1 Å². The van der Waals surface area contributed by atoms with Gasteiger partial charge in [0.1, 0.15) is 0 Å². The minimum absolute atomic E-state index is 0.619. The molecule has 2 heterocycles. The van der Waals surface area contributed by atoms with Gasteiger partial charge in [-0.05, 0) is 55.1 Å². The van der Waals surface area contributed by atoms with Crippen LogP contribution < -0.4 is 5.73 Å². The first-order valence-corrected chi connectivity index (χ1v) is 7.29. The predicted molar refractivity (Wildman–Crippen MR) is 82.3 cm³/mol. The van der Waals surface area contributed by atoms with Gasteiger partial charge in [0.2, 0.25) is 0 Å². The fraction of sp³-hybridized carbons (Fsp3) is 0.353. The second-order valence-corrected chi connectivity index (χ2v) is 5.56. The van der Waals surface area contributed by atoms with Crippen LogP contribution >= 0.6 is 0 Å². The number of rotatable bonds is 3. The molecule has 2 aromatic rings. The highest BCUT2D eigenvalue weighted by atomic mass is 15.1. The lowest BCUT2D eigenvalue weighted by molar-refractivity contribution is 0.198. The molecule has 1 aromatic carbocycles. The molecule has 3 nitrogen and oxygen atoms in total. The van der Waals surface area contributed by atoms with E-state index in [0.717, 1.165) is 24.5 Å². The van der Waals surface area contributed by atoms with E-state index in [9.17, 15) is 0 Å². The molecule has 0 radical (unpaired) electrons. The molecule has 1 fully saturated rings. The molecule has 0 spiro atoms. The van der Waals surface area contributed by atoms with Crippen LogP contribution in [-0.4, -0.2) is 23.0 Å². The van der Waals surface area contributed by atoms with Gasteiger partial charge in [0, 0.05) is 25.0 Å². The van der Waals surface area contributed by atoms with Crippen molar-refractivity contribution in [3.8, 4) is 0 Å². The zero-order valence-corrected chi connectivity index (χ0v) is 11.7. The van der Waals surface area contributed by atoms with Crippen LogP contribution in [0.1, 0.15) is 30.0 Å². The molecule has 0 aliphatic carbocycles. The van der Waals surface area contributed by atoms with Gasteiger partial charge in [-0.1, -0.05) is 18.2 Å². The maximum atomic E-state index is 5.77. The van der Waals surface area contributed by atoms with Crippen LogP contribution in [-0.2, 0) is 6.54 Å². The standard InChI is InChI=1S/C17H21N3/c18-16-8-6-14(7-9-16)15-4-3-11-20(12-15)13-17-5-1-2-10-19-17/h1-2,5-10,15H,3-4,11-13,18H2. The minimum atomic E-state index is 0.619. The predicted octanol–water partition coefficient (Wildman–Crippen LogP) is 3.04. The fourth-order valence-corrected chi connectivity index (χ4v) is 2.96. The van der Waals surface area contributed by atoms with Crippen molar-refractivity contribution in [1.29, 1.82) is 0 Å². The largest absolute Gasteiger partial charge is 0.399 e. The summed E-state index contributed by atoms with van der Waals surface area (Å²) < 4.78 is 0. The lowest BCUT2D eigenvalue weighted by Gasteiger charge is -2.32. The molecule has 1 aliphatic heterocycles. The van der Waals surface area contributed by atoms with E-state index in [4.69, 9.17) is 5.73 Å². The molecule has 3 rings (SSSR count). The molecule has 20 heavy (non-hydrogen) atoms. The maximum absolute atomic E-state index is 5.77. The number of nitrogen functional groups attached to an aromatic ring is 1. The third kappa shape index (κ3) is 3.17. The van der Waals surface area contributed by atoms with Crippen molar-refractivity contribution in [2.45, 2.75) is 25.3 Å². The summed E-state index contributed by atoms with van der Waals surface area (Å²) in [7, 11) is 0. The molecule has 104 valence electrons. The Hall–Kier alpha value is -1.87. The summed E-state index contributed by atoms with van der Waals surface area (Å²) in [5, 5.41) is 0. The Morgan fingerprint density at radius 1 is 1.15 bits per heavy atom. The molecule has 1 saturated heterocycles. The SMILES string of the molecule is Nc1ccc(C2CCCN(Cc3ccccn3)C2)cc1. The van der Waals surface area contributed by atoms with Gasteiger partial charge >= 0.3 is 0 Å². The number of hydrogen-bond donors (Lipinski definition) is 1. The molecular formula is C17H21N3. The minimum Gasteiger partial charge on any atom is -0.399 e. The Morgan fingerprint density at radius 2 is 2.00 bits per heavy atom. The van der Waals surface area contributed by atoms with E-state index in [0.29, 0.717) is 5.92 Å². The monoisotopic (exact) mass is 267 g/mol. The molecule has 0 amide bonds. The average Bonchev–Trinajstić information content (AvgIpc) is 2.49. The van der Waals surface area contributed by atoms with Crippen LogP contribution in [0.4, 0.5) is 5.69 Å². The summed E-state index contributed by atoms with van der Waals surface area (Å²) in [4.78, 5) is 6.93. The van der Waals surface area contributed by atoms with E-state index in [1.54, 1.807) is 0 Å². The third-order valence-electron chi connectivity index (χ3n) is 4.03. The number of likely N-dealkylation sites (tertiary alicyclic amines) is 1. The summed E-state index contributed by atoms with van der Waals surface area (Å²) in [5.74, 6) is 0.619. The van der Waals surface area contributed by atoms with Gasteiger partial charge in [0.05, 0.1) is 5.69 Å². The van der Waals surface area contributed by atoms with Crippen molar-refractivity contribution in [3.63, 3.8) is 0 Å². The van der Waals surface area contributed by atoms with Gasteiger partial charge in [-0.15, -0.1) is 0 Å². The van der Waals surface area contributed by atoms with Gasteiger partial charge in [-0.2, -0.15) is 0 Å².